The Morgan fingerprint density at radius 2 is 2.00 bits per heavy atom. The van der Waals surface area contributed by atoms with Crippen LogP contribution in [0.3, 0.4) is 0 Å². The van der Waals surface area contributed by atoms with Gasteiger partial charge in [0.05, 0.1) is 18.4 Å². The van der Waals surface area contributed by atoms with E-state index < -0.39 is 11.7 Å². The van der Waals surface area contributed by atoms with E-state index in [-0.39, 0.29) is 11.4 Å². The van der Waals surface area contributed by atoms with Crippen LogP contribution >= 0.6 is 0 Å². The van der Waals surface area contributed by atoms with Crippen LogP contribution in [0.1, 0.15) is 5.56 Å². The molecule has 0 unspecified atom stereocenters. The number of hydrogen-bond donors (Lipinski definition) is 2. The maximum Gasteiger partial charge on any atom is 0.420 e. The van der Waals surface area contributed by atoms with Gasteiger partial charge >= 0.3 is 6.18 Å². The molecule has 0 aliphatic rings. The number of hydrogen-bond acceptors (Lipinski definition) is 3. The molecule has 6 heteroatoms. The van der Waals surface area contributed by atoms with E-state index in [2.05, 4.69) is 10.2 Å². The minimum atomic E-state index is -4.45. The number of anilines is 1. The average molecular weight is 206 g/mol. The molecule has 0 amide bonds. The van der Waals surface area contributed by atoms with Gasteiger partial charge < -0.3 is 10.2 Å². The van der Waals surface area contributed by atoms with E-state index in [1.54, 1.807) is 0 Å². The molecule has 0 aliphatic heterocycles. The third-order valence-electron chi connectivity index (χ3n) is 1.68. The number of benzene rings is 1. The van der Waals surface area contributed by atoms with Gasteiger partial charge in [-0.3, -0.25) is 5.84 Å². The first-order valence-electron chi connectivity index (χ1n) is 3.71. The molecule has 3 nitrogen and oxygen atoms in total. The molecule has 78 valence electrons. The van der Waals surface area contributed by atoms with Crippen LogP contribution in [0, 0.1) is 0 Å². The van der Waals surface area contributed by atoms with Crippen LogP contribution in [-0.4, -0.2) is 7.11 Å². The van der Waals surface area contributed by atoms with Crippen molar-refractivity contribution in [2.45, 2.75) is 6.18 Å². The number of rotatable bonds is 2. The molecule has 1 rings (SSSR count). The van der Waals surface area contributed by atoms with Gasteiger partial charge in [-0.15, -0.1) is 0 Å². The Labute approximate surface area is 78.6 Å². The van der Waals surface area contributed by atoms with Gasteiger partial charge in [-0.1, -0.05) is 6.07 Å². The summed E-state index contributed by atoms with van der Waals surface area (Å²) in [6, 6.07) is 3.58. The fourth-order valence-electron chi connectivity index (χ4n) is 1.09. The lowest BCUT2D eigenvalue weighted by Crippen LogP contribution is -2.12. The molecule has 0 spiro atoms. The lowest BCUT2D eigenvalue weighted by Gasteiger charge is -2.14. The van der Waals surface area contributed by atoms with Crippen molar-refractivity contribution in [2.75, 3.05) is 12.5 Å². The van der Waals surface area contributed by atoms with Crippen molar-refractivity contribution in [1.82, 2.24) is 0 Å². The summed E-state index contributed by atoms with van der Waals surface area (Å²) in [6.45, 7) is 0. The van der Waals surface area contributed by atoms with Gasteiger partial charge in [0.1, 0.15) is 0 Å². The number of methoxy groups -OCH3 is 1. The van der Waals surface area contributed by atoms with Crippen LogP contribution in [0.15, 0.2) is 18.2 Å². The third-order valence-corrected chi connectivity index (χ3v) is 1.68. The highest BCUT2D eigenvalue weighted by Crippen LogP contribution is 2.39. The zero-order valence-electron chi connectivity index (χ0n) is 7.35. The summed E-state index contributed by atoms with van der Waals surface area (Å²) in [5, 5.41) is 0. The van der Waals surface area contributed by atoms with Gasteiger partial charge in [0.2, 0.25) is 0 Å². The lowest BCUT2D eigenvalue weighted by molar-refractivity contribution is -0.138. The number of nitrogens with one attached hydrogen (secondary N) is 1. The van der Waals surface area contributed by atoms with Gasteiger partial charge in [0.15, 0.2) is 5.75 Å². The van der Waals surface area contributed by atoms with Crippen molar-refractivity contribution < 1.29 is 17.9 Å². The van der Waals surface area contributed by atoms with Gasteiger partial charge in [-0.2, -0.15) is 13.2 Å². The van der Waals surface area contributed by atoms with E-state index in [0.29, 0.717) is 0 Å². The van der Waals surface area contributed by atoms with Crippen LogP contribution in [0.2, 0.25) is 0 Å². The molecule has 0 aliphatic carbocycles. The standard InChI is InChI=1S/C8H9F3N2O/c1-14-7-5(8(9,10)11)3-2-4-6(7)13-12/h2-4,13H,12H2,1H3. The fraction of sp³-hybridized carbons (Fsp3) is 0.250. The molecule has 14 heavy (non-hydrogen) atoms. The first-order chi connectivity index (χ1) is 6.50. The summed E-state index contributed by atoms with van der Waals surface area (Å²) in [4.78, 5) is 0. The second-order valence-corrected chi connectivity index (χ2v) is 2.53. The molecule has 3 N–H and O–H groups in total. The summed E-state index contributed by atoms with van der Waals surface area (Å²) in [6.07, 6.45) is -4.45. The zero-order valence-corrected chi connectivity index (χ0v) is 7.35. The predicted molar refractivity (Wildman–Crippen MR) is 45.8 cm³/mol. The minimum Gasteiger partial charge on any atom is -0.494 e. The highest BCUT2D eigenvalue weighted by Gasteiger charge is 2.35. The van der Waals surface area contributed by atoms with E-state index in [9.17, 15) is 13.2 Å². The monoisotopic (exact) mass is 206 g/mol. The molecule has 0 saturated carbocycles. The number of alkyl halides is 3. The van der Waals surface area contributed by atoms with E-state index >= 15 is 0 Å². The molecule has 0 atom stereocenters. The van der Waals surface area contributed by atoms with Crippen molar-refractivity contribution >= 4 is 5.69 Å². The van der Waals surface area contributed by atoms with Crippen molar-refractivity contribution in [3.8, 4) is 5.75 Å². The third kappa shape index (κ3) is 1.90. The quantitative estimate of drug-likeness (QED) is 0.574. The molecule has 1 aromatic carbocycles. The Morgan fingerprint density at radius 3 is 2.43 bits per heavy atom. The molecule has 0 saturated heterocycles. The number of halogens is 3. The lowest BCUT2D eigenvalue weighted by atomic mass is 10.1. The maximum atomic E-state index is 12.4. The summed E-state index contributed by atoms with van der Waals surface area (Å²) < 4.78 is 41.8. The van der Waals surface area contributed by atoms with Crippen molar-refractivity contribution in [3.63, 3.8) is 0 Å². The molecule has 0 bridgehead atoms. The minimum absolute atomic E-state index is 0.0994. The Kier molecular flexibility index (Phi) is 2.85. The summed E-state index contributed by atoms with van der Waals surface area (Å²) in [7, 11) is 1.16. The smallest absolute Gasteiger partial charge is 0.420 e. The first-order valence-corrected chi connectivity index (χ1v) is 3.71. The van der Waals surface area contributed by atoms with Gasteiger partial charge in [-0.05, 0) is 12.1 Å². The van der Waals surface area contributed by atoms with E-state index in [4.69, 9.17) is 5.84 Å². The molecule has 1 aromatic rings. The van der Waals surface area contributed by atoms with Crippen molar-refractivity contribution in [2.24, 2.45) is 5.84 Å². The number of ether oxygens (including phenoxy) is 1. The second-order valence-electron chi connectivity index (χ2n) is 2.53. The number of hydrazine groups is 1. The molecule has 0 aromatic heterocycles. The SMILES string of the molecule is COc1c(NN)cccc1C(F)(F)F. The Balaban J connectivity index is 3.29. The van der Waals surface area contributed by atoms with Gasteiger partial charge in [0.25, 0.3) is 0 Å². The van der Waals surface area contributed by atoms with Gasteiger partial charge in [0, 0.05) is 0 Å². The Morgan fingerprint density at radius 1 is 1.36 bits per heavy atom. The maximum absolute atomic E-state index is 12.4. The highest BCUT2D eigenvalue weighted by atomic mass is 19.4. The first kappa shape index (κ1) is 10.6. The topological polar surface area (TPSA) is 47.3 Å². The van der Waals surface area contributed by atoms with E-state index in [1.165, 1.54) is 12.1 Å². The second kappa shape index (κ2) is 3.75. The summed E-state index contributed by atoms with van der Waals surface area (Å²) in [5.74, 6) is 4.74. The highest BCUT2D eigenvalue weighted by molar-refractivity contribution is 5.60. The Bertz CT molecular complexity index is 325. The van der Waals surface area contributed by atoms with Crippen LogP contribution in [0.5, 0.6) is 5.75 Å². The van der Waals surface area contributed by atoms with Crippen molar-refractivity contribution in [3.05, 3.63) is 23.8 Å². The van der Waals surface area contributed by atoms with E-state index in [0.717, 1.165) is 13.2 Å². The molecular weight excluding hydrogens is 197 g/mol. The Hall–Kier alpha value is -1.43. The zero-order chi connectivity index (χ0) is 10.8. The van der Waals surface area contributed by atoms with E-state index in [1.807, 2.05) is 0 Å². The summed E-state index contributed by atoms with van der Waals surface area (Å²) >= 11 is 0. The molecular formula is C8H9F3N2O. The van der Waals surface area contributed by atoms with Crippen molar-refractivity contribution in [1.29, 1.82) is 0 Å². The fourth-order valence-corrected chi connectivity index (χ4v) is 1.09. The number of para-hydroxylation sites is 1. The number of nitrogens with two attached hydrogens (primary N) is 1. The molecule has 0 radical (unpaired) electrons. The number of nitrogen functional groups attached to an aromatic ring is 1. The molecule has 0 heterocycles. The normalized spacial score (nSPS) is 11.2. The van der Waals surface area contributed by atoms with Crippen LogP contribution < -0.4 is 16.0 Å². The van der Waals surface area contributed by atoms with Crippen LogP contribution in [-0.2, 0) is 6.18 Å². The molecule has 0 fully saturated rings. The summed E-state index contributed by atoms with van der Waals surface area (Å²) in [5.41, 5.74) is 1.38. The van der Waals surface area contributed by atoms with Crippen LogP contribution in [0.25, 0.3) is 0 Å². The largest absolute Gasteiger partial charge is 0.494 e. The van der Waals surface area contributed by atoms with Gasteiger partial charge in [-0.25, -0.2) is 0 Å². The van der Waals surface area contributed by atoms with Crippen LogP contribution in [0.4, 0.5) is 18.9 Å². The predicted octanol–water partition coefficient (Wildman–Crippen LogP) is 2.00. The average Bonchev–Trinajstić information content (AvgIpc) is 2.15.